The predicted octanol–water partition coefficient (Wildman–Crippen LogP) is 0.879. The topological polar surface area (TPSA) is 116 Å². The number of carbonyl (C=O) groups is 1. The maximum atomic E-state index is 12.6. The summed E-state index contributed by atoms with van der Waals surface area (Å²) in [5.41, 5.74) is 6.22. The van der Waals surface area contributed by atoms with Gasteiger partial charge < -0.3 is 34.5 Å². The van der Waals surface area contributed by atoms with Crippen molar-refractivity contribution in [3.63, 3.8) is 0 Å². The number of ether oxygens (including phenoxy) is 3. The SMILES string of the molecule is NCCCOc1ccc2ccc(=O)n(CCN3CCC4(OCCO4)C(C(=O)O)C3)c2c1. The van der Waals surface area contributed by atoms with E-state index < -0.39 is 17.7 Å². The number of carboxylic acid groups (broad SMARTS) is 1. The Morgan fingerprint density at radius 3 is 2.74 bits per heavy atom. The highest BCUT2D eigenvalue weighted by molar-refractivity contribution is 5.80. The average molecular weight is 431 g/mol. The molecular formula is C22H29N3O6. The lowest BCUT2D eigenvalue weighted by Gasteiger charge is -2.42. The first-order valence-corrected chi connectivity index (χ1v) is 10.7. The van der Waals surface area contributed by atoms with Gasteiger partial charge in [-0.05, 0) is 36.6 Å². The minimum atomic E-state index is -1.02. The molecule has 3 heterocycles. The van der Waals surface area contributed by atoms with E-state index in [9.17, 15) is 14.7 Å². The molecular weight excluding hydrogens is 402 g/mol. The number of likely N-dealkylation sites (tertiary alicyclic amines) is 1. The molecule has 2 fully saturated rings. The predicted molar refractivity (Wildman–Crippen MR) is 114 cm³/mol. The lowest BCUT2D eigenvalue weighted by Crippen LogP contribution is -2.56. The molecule has 3 N–H and O–H groups in total. The first kappa shape index (κ1) is 21.8. The molecule has 1 atom stereocenters. The van der Waals surface area contributed by atoms with Crippen molar-refractivity contribution in [3.05, 3.63) is 40.7 Å². The molecule has 0 bridgehead atoms. The van der Waals surface area contributed by atoms with Gasteiger partial charge in [-0.3, -0.25) is 9.59 Å². The fraction of sp³-hybridized carbons (Fsp3) is 0.545. The van der Waals surface area contributed by atoms with Crippen LogP contribution < -0.4 is 16.0 Å². The number of aliphatic carboxylic acids is 1. The zero-order valence-electron chi connectivity index (χ0n) is 17.5. The Hall–Kier alpha value is -2.46. The van der Waals surface area contributed by atoms with Crippen LogP contribution in [-0.4, -0.2) is 72.3 Å². The molecule has 0 amide bonds. The van der Waals surface area contributed by atoms with E-state index in [1.54, 1.807) is 16.7 Å². The number of rotatable bonds is 8. The summed E-state index contributed by atoms with van der Waals surface area (Å²) in [6.45, 7) is 3.90. The number of hydrogen-bond acceptors (Lipinski definition) is 7. The van der Waals surface area contributed by atoms with E-state index in [2.05, 4.69) is 4.90 Å². The number of hydrogen-bond donors (Lipinski definition) is 2. The van der Waals surface area contributed by atoms with Gasteiger partial charge in [0.25, 0.3) is 5.56 Å². The van der Waals surface area contributed by atoms with Gasteiger partial charge >= 0.3 is 5.97 Å². The highest BCUT2D eigenvalue weighted by Crippen LogP contribution is 2.36. The van der Waals surface area contributed by atoms with Crippen molar-refractivity contribution < 1.29 is 24.1 Å². The molecule has 9 nitrogen and oxygen atoms in total. The number of nitrogens with two attached hydrogens (primary N) is 1. The monoisotopic (exact) mass is 431 g/mol. The quantitative estimate of drug-likeness (QED) is 0.592. The number of carboxylic acids is 1. The lowest BCUT2D eigenvalue weighted by molar-refractivity contribution is -0.226. The minimum Gasteiger partial charge on any atom is -0.493 e. The van der Waals surface area contributed by atoms with E-state index in [0.29, 0.717) is 64.7 Å². The molecule has 31 heavy (non-hydrogen) atoms. The molecule has 2 aliphatic heterocycles. The number of nitrogens with zero attached hydrogens (tertiary/aromatic N) is 2. The highest BCUT2D eigenvalue weighted by atomic mass is 16.7. The van der Waals surface area contributed by atoms with Crippen molar-refractivity contribution >= 4 is 16.9 Å². The van der Waals surface area contributed by atoms with Crippen LogP contribution in [0.5, 0.6) is 5.75 Å². The van der Waals surface area contributed by atoms with Crippen LogP contribution in [0.3, 0.4) is 0 Å². The normalized spacial score (nSPS) is 21.0. The summed E-state index contributed by atoms with van der Waals surface area (Å²) in [6.07, 6.45) is 1.25. The van der Waals surface area contributed by atoms with Gasteiger partial charge in [-0.1, -0.05) is 0 Å². The fourth-order valence-electron chi connectivity index (χ4n) is 4.37. The van der Waals surface area contributed by atoms with Crippen LogP contribution in [0.15, 0.2) is 35.1 Å². The summed E-state index contributed by atoms with van der Waals surface area (Å²) >= 11 is 0. The van der Waals surface area contributed by atoms with E-state index in [1.165, 1.54) is 0 Å². The van der Waals surface area contributed by atoms with Crippen molar-refractivity contribution in [1.29, 1.82) is 0 Å². The van der Waals surface area contributed by atoms with Gasteiger partial charge in [-0.2, -0.15) is 0 Å². The van der Waals surface area contributed by atoms with Crippen LogP contribution >= 0.6 is 0 Å². The van der Waals surface area contributed by atoms with Crippen molar-refractivity contribution in [3.8, 4) is 5.75 Å². The second kappa shape index (κ2) is 9.35. The second-order valence-electron chi connectivity index (χ2n) is 7.98. The maximum Gasteiger partial charge on any atom is 0.313 e. The molecule has 9 heteroatoms. The van der Waals surface area contributed by atoms with Crippen LogP contribution in [0, 0.1) is 5.92 Å². The summed E-state index contributed by atoms with van der Waals surface area (Å²) in [5, 5.41) is 10.7. The van der Waals surface area contributed by atoms with E-state index in [4.69, 9.17) is 19.9 Å². The Bertz CT molecular complexity index is 985. The Kier molecular flexibility index (Phi) is 6.57. The molecule has 1 aromatic heterocycles. The summed E-state index contributed by atoms with van der Waals surface area (Å²) in [6, 6.07) is 9.05. The third-order valence-electron chi connectivity index (χ3n) is 6.04. The van der Waals surface area contributed by atoms with Gasteiger partial charge in [-0.25, -0.2) is 0 Å². The van der Waals surface area contributed by atoms with Crippen molar-refractivity contribution in [2.75, 3.05) is 46.0 Å². The highest BCUT2D eigenvalue weighted by Gasteiger charge is 2.51. The van der Waals surface area contributed by atoms with Crippen molar-refractivity contribution in [1.82, 2.24) is 9.47 Å². The van der Waals surface area contributed by atoms with E-state index >= 15 is 0 Å². The maximum absolute atomic E-state index is 12.6. The van der Waals surface area contributed by atoms with Gasteiger partial charge in [0.05, 0.1) is 25.3 Å². The molecule has 2 aromatic rings. The van der Waals surface area contributed by atoms with Gasteiger partial charge in [0, 0.05) is 44.7 Å². The van der Waals surface area contributed by atoms with E-state index in [0.717, 1.165) is 17.3 Å². The van der Waals surface area contributed by atoms with Crippen LogP contribution in [-0.2, 0) is 20.8 Å². The lowest BCUT2D eigenvalue weighted by atomic mass is 9.90. The molecule has 2 aliphatic rings. The number of piperidine rings is 1. The average Bonchev–Trinajstić information content (AvgIpc) is 3.23. The number of aromatic nitrogens is 1. The van der Waals surface area contributed by atoms with Crippen molar-refractivity contribution in [2.45, 2.75) is 25.2 Å². The molecule has 0 radical (unpaired) electrons. The Morgan fingerprint density at radius 1 is 1.23 bits per heavy atom. The van der Waals surface area contributed by atoms with Gasteiger partial charge in [0.1, 0.15) is 11.7 Å². The smallest absolute Gasteiger partial charge is 0.313 e. The number of fused-ring (bicyclic) bond motifs is 1. The largest absolute Gasteiger partial charge is 0.493 e. The number of pyridine rings is 1. The number of benzene rings is 1. The molecule has 2 saturated heterocycles. The van der Waals surface area contributed by atoms with Crippen molar-refractivity contribution in [2.24, 2.45) is 11.7 Å². The van der Waals surface area contributed by atoms with E-state index in [-0.39, 0.29) is 5.56 Å². The molecule has 1 spiro atoms. The van der Waals surface area contributed by atoms with Crippen LogP contribution in [0.25, 0.3) is 10.9 Å². The summed E-state index contributed by atoms with van der Waals surface area (Å²) in [5.74, 6) is -2.00. The Morgan fingerprint density at radius 2 is 2.00 bits per heavy atom. The third-order valence-corrected chi connectivity index (χ3v) is 6.04. The van der Waals surface area contributed by atoms with Crippen LogP contribution in [0.1, 0.15) is 12.8 Å². The van der Waals surface area contributed by atoms with E-state index in [1.807, 2.05) is 18.2 Å². The molecule has 0 aliphatic carbocycles. The molecule has 1 unspecified atom stereocenters. The Balaban J connectivity index is 1.49. The second-order valence-corrected chi connectivity index (χ2v) is 7.98. The standard InChI is InChI=1S/C22H29N3O6/c23-7-1-11-29-17-4-2-16-3-5-20(26)25(19(16)14-17)10-9-24-8-6-22(30-12-13-31-22)18(15-24)21(27)28/h2-5,14,18H,1,6-13,15,23H2,(H,27,28). The summed E-state index contributed by atoms with van der Waals surface area (Å²) in [7, 11) is 0. The third kappa shape index (κ3) is 4.59. The Labute approximate surface area is 180 Å². The molecule has 1 aromatic carbocycles. The molecule has 4 rings (SSSR count). The van der Waals surface area contributed by atoms with Gasteiger partial charge in [-0.15, -0.1) is 0 Å². The van der Waals surface area contributed by atoms with Crippen LogP contribution in [0.4, 0.5) is 0 Å². The zero-order valence-corrected chi connectivity index (χ0v) is 17.5. The summed E-state index contributed by atoms with van der Waals surface area (Å²) in [4.78, 5) is 26.5. The fourth-order valence-corrected chi connectivity index (χ4v) is 4.37. The van der Waals surface area contributed by atoms with Gasteiger partial charge in [0.2, 0.25) is 0 Å². The minimum absolute atomic E-state index is 0.0997. The first-order valence-electron chi connectivity index (χ1n) is 10.7. The molecule has 0 saturated carbocycles. The molecule has 168 valence electrons. The van der Waals surface area contributed by atoms with Crippen LogP contribution in [0.2, 0.25) is 0 Å². The first-order chi connectivity index (χ1) is 15.0. The van der Waals surface area contributed by atoms with Gasteiger partial charge in [0.15, 0.2) is 5.79 Å². The zero-order chi connectivity index (χ0) is 21.8. The summed E-state index contributed by atoms with van der Waals surface area (Å²) < 4.78 is 18.8.